The minimum Gasteiger partial charge on any atom is -0.495 e. The number of esters is 1. The molecule has 13 rings (SSSR count). The first kappa shape index (κ1) is 54.2. The van der Waals surface area contributed by atoms with E-state index in [0.717, 1.165) is 89.0 Å². The molecule has 7 heterocycles. The number of pyridine rings is 1. The Hall–Kier alpha value is -9.09. The lowest BCUT2D eigenvalue weighted by Gasteiger charge is -2.40. The number of aromatic nitrogens is 9. The first-order chi connectivity index (χ1) is 40.7. The molecule has 0 fully saturated rings. The number of amides is 2. The molecule has 2 aliphatic heterocycles. The molecular weight excluding hydrogens is 1120 g/mol. The number of carbonyl (C=O) groups excluding carboxylic acids is 3. The minimum atomic E-state index is -0.972. The van der Waals surface area contributed by atoms with E-state index in [1.54, 1.807) is 59.4 Å². The third-order valence-corrected chi connectivity index (χ3v) is 17.7. The van der Waals surface area contributed by atoms with Crippen LogP contribution in [-0.2, 0) is 53.0 Å². The number of methoxy groups -OCH3 is 2. The van der Waals surface area contributed by atoms with Crippen molar-refractivity contribution in [3.05, 3.63) is 224 Å². The highest BCUT2D eigenvalue weighted by molar-refractivity contribution is 6.40. The zero-order chi connectivity index (χ0) is 58.0. The van der Waals surface area contributed by atoms with Crippen LogP contribution >= 0.6 is 34.8 Å². The molecule has 2 aliphatic rings. The van der Waals surface area contributed by atoms with E-state index < -0.39 is 17.0 Å². The first-order valence-corrected chi connectivity index (χ1v) is 28.5. The molecular formula is C65H54Cl3N11O5. The number of nitrogens with zero attached hydrogens (tertiary/aromatic N) is 9. The van der Waals surface area contributed by atoms with Crippen LogP contribution in [0.4, 0.5) is 0 Å². The summed E-state index contributed by atoms with van der Waals surface area (Å²) in [6, 6.07) is 40.0. The smallest absolute Gasteiger partial charge is 0.310 e. The maximum Gasteiger partial charge on any atom is 0.310 e. The summed E-state index contributed by atoms with van der Waals surface area (Å²) in [4.78, 5) is 47.1. The maximum atomic E-state index is 14.8. The van der Waals surface area contributed by atoms with Crippen LogP contribution < -0.4 is 15.4 Å². The summed E-state index contributed by atoms with van der Waals surface area (Å²) in [5.41, 5.74) is 12.9. The SMILES string of the molecule is COC(=O)Cc1c2n(c3ccc(C)cc13)C[C@@](NC(=O)c1c(Cl)cc(-n3cnnc3)cc1Cl)(c1ccc(-c3ccc([C@@]4(NC(=O)c5ccc(-n6cnnc6)cc5Cl)CCc5c(-c6cncc(OC)c6)c6cc(C)ccc6n5C4)cc3)cc1)CC2. The van der Waals surface area contributed by atoms with Crippen LogP contribution in [0.1, 0.15) is 72.8 Å². The summed E-state index contributed by atoms with van der Waals surface area (Å²) in [7, 11) is 3.04. The van der Waals surface area contributed by atoms with Gasteiger partial charge in [-0.15, -0.1) is 20.4 Å². The molecule has 11 aromatic rings. The van der Waals surface area contributed by atoms with Crippen molar-refractivity contribution in [1.82, 2.24) is 54.3 Å². The van der Waals surface area contributed by atoms with Crippen molar-refractivity contribution < 1.29 is 23.9 Å². The van der Waals surface area contributed by atoms with Crippen molar-refractivity contribution in [2.24, 2.45) is 0 Å². The topological polar surface area (TPSA) is 178 Å². The van der Waals surface area contributed by atoms with E-state index in [4.69, 9.17) is 44.3 Å². The molecule has 2 atom stereocenters. The molecule has 0 aliphatic carbocycles. The number of hydrogen-bond donors (Lipinski definition) is 2. The molecule has 2 N–H and O–H groups in total. The average molecular weight is 1180 g/mol. The quantitative estimate of drug-likeness (QED) is 0.106. The van der Waals surface area contributed by atoms with Crippen molar-refractivity contribution in [2.45, 2.75) is 70.1 Å². The van der Waals surface area contributed by atoms with Gasteiger partial charge in [0.2, 0.25) is 0 Å². The average Bonchev–Trinajstić information content (AvgIpc) is 2.90. The Labute approximate surface area is 498 Å². The number of nitrogens with one attached hydrogen (secondary N) is 2. The second-order valence-electron chi connectivity index (χ2n) is 21.7. The second-order valence-corrected chi connectivity index (χ2v) is 23.0. The van der Waals surface area contributed by atoms with E-state index in [2.05, 4.69) is 137 Å². The lowest BCUT2D eigenvalue weighted by Crippen LogP contribution is -2.51. The number of aryl methyl sites for hydroxylation is 2. The van der Waals surface area contributed by atoms with Gasteiger partial charge in [-0.3, -0.25) is 28.5 Å². The largest absolute Gasteiger partial charge is 0.495 e. The summed E-state index contributed by atoms with van der Waals surface area (Å²) >= 11 is 20.8. The fourth-order valence-corrected chi connectivity index (χ4v) is 13.5. The molecule has 6 aromatic carbocycles. The molecule has 2 amide bonds. The normalized spacial score (nSPS) is 16.5. The van der Waals surface area contributed by atoms with Crippen molar-refractivity contribution in [3.8, 4) is 39.4 Å². The van der Waals surface area contributed by atoms with Gasteiger partial charge >= 0.3 is 5.97 Å². The predicted molar refractivity (Wildman–Crippen MR) is 323 cm³/mol. The number of ether oxygens (including phenoxy) is 2. The van der Waals surface area contributed by atoms with E-state index >= 15 is 0 Å². The van der Waals surface area contributed by atoms with Gasteiger partial charge < -0.3 is 29.2 Å². The summed E-state index contributed by atoms with van der Waals surface area (Å²) in [5, 5.41) is 25.4. The molecule has 0 saturated carbocycles. The zero-order valence-corrected chi connectivity index (χ0v) is 48.4. The summed E-state index contributed by atoms with van der Waals surface area (Å²) in [5.74, 6) is -0.414. The number of benzene rings is 6. The third kappa shape index (κ3) is 9.63. The van der Waals surface area contributed by atoms with Crippen LogP contribution in [-0.4, -0.2) is 75.7 Å². The Kier molecular flexibility index (Phi) is 13.9. The monoisotopic (exact) mass is 1170 g/mol. The molecule has 0 spiro atoms. The standard InChI is InChI=1S/C65H54Cl3N11O5/c1-38-5-17-55-49(23-38)50(29-59(80)84-4)57-19-21-65(32-78(55)57,75-63(82)61-53(67)27-46(28-54(61)68)77-36-72-73-37-77)44-13-9-41(10-14-44)40-7-11-43(12-8-40)64(74-62(81)48-16-15-45(26-52(48)66)76-34-70-71-35-76)22-20-58-60(42-25-47(83-3)31-69-30-42)51-24-39(2)6-18-56(51)79(58)33-64/h5-18,23-28,30-31,34-37H,19-22,29,32-33H2,1-4H3,(H,74,81)(H,75,82)/t64-,65-/m1/s1. The van der Waals surface area contributed by atoms with Crippen LogP contribution in [0.5, 0.6) is 5.75 Å². The lowest BCUT2D eigenvalue weighted by molar-refractivity contribution is -0.139. The third-order valence-electron chi connectivity index (χ3n) is 16.8. The first-order valence-electron chi connectivity index (χ1n) is 27.4. The van der Waals surface area contributed by atoms with Gasteiger partial charge in [-0.25, -0.2) is 0 Å². The van der Waals surface area contributed by atoms with E-state index in [9.17, 15) is 14.4 Å². The molecule has 0 radical (unpaired) electrons. The Bertz CT molecular complexity index is 4380. The number of hydrogen-bond acceptors (Lipinski definition) is 10. The van der Waals surface area contributed by atoms with Gasteiger partial charge in [-0.2, -0.15) is 0 Å². The molecule has 0 saturated heterocycles. The van der Waals surface area contributed by atoms with Crippen molar-refractivity contribution in [1.29, 1.82) is 0 Å². The van der Waals surface area contributed by atoms with E-state index in [1.165, 1.54) is 19.8 Å². The molecule has 16 nitrogen and oxygen atoms in total. The van der Waals surface area contributed by atoms with Gasteiger partial charge in [0.1, 0.15) is 31.1 Å². The molecule has 0 bridgehead atoms. The van der Waals surface area contributed by atoms with Gasteiger partial charge in [0.25, 0.3) is 11.8 Å². The molecule has 19 heteroatoms. The highest BCUT2D eigenvalue weighted by atomic mass is 35.5. The van der Waals surface area contributed by atoms with Gasteiger partial charge in [0.05, 0.1) is 82.9 Å². The van der Waals surface area contributed by atoms with Gasteiger partial charge in [-0.05, 0) is 128 Å². The lowest BCUT2D eigenvalue weighted by atomic mass is 9.80. The van der Waals surface area contributed by atoms with Gasteiger partial charge in [0, 0.05) is 56.2 Å². The zero-order valence-electron chi connectivity index (χ0n) is 46.2. The number of rotatable bonds is 13. The second kappa shape index (κ2) is 21.6. The van der Waals surface area contributed by atoms with Crippen molar-refractivity contribution >= 4 is 74.4 Å². The van der Waals surface area contributed by atoms with Crippen LogP contribution in [0.25, 0.3) is 55.4 Å². The highest BCUT2D eigenvalue weighted by Crippen LogP contribution is 2.46. The summed E-state index contributed by atoms with van der Waals surface area (Å²) in [6.07, 6.45) is 12.1. The van der Waals surface area contributed by atoms with Crippen LogP contribution in [0.15, 0.2) is 159 Å². The van der Waals surface area contributed by atoms with E-state index in [0.29, 0.717) is 60.8 Å². The highest BCUT2D eigenvalue weighted by Gasteiger charge is 2.43. The number of carbonyl (C=O) groups is 3. The fraction of sp³-hybridized carbons (Fsp3) is 0.200. The Balaban J connectivity index is 0.870. The maximum absolute atomic E-state index is 14.8. The predicted octanol–water partition coefficient (Wildman–Crippen LogP) is 12.3. The Morgan fingerprint density at radius 2 is 1.11 bits per heavy atom. The molecule has 420 valence electrons. The van der Waals surface area contributed by atoms with Crippen molar-refractivity contribution in [3.63, 3.8) is 0 Å². The number of fused-ring (bicyclic) bond motifs is 6. The summed E-state index contributed by atoms with van der Waals surface area (Å²) < 4.78 is 18.8. The van der Waals surface area contributed by atoms with Gasteiger partial charge in [-0.1, -0.05) is 107 Å². The summed E-state index contributed by atoms with van der Waals surface area (Å²) in [6.45, 7) is 4.89. The molecule has 0 unspecified atom stereocenters. The van der Waals surface area contributed by atoms with Crippen LogP contribution in [0.2, 0.25) is 15.1 Å². The Morgan fingerprint density at radius 1 is 0.571 bits per heavy atom. The van der Waals surface area contributed by atoms with E-state index in [-0.39, 0.29) is 33.9 Å². The van der Waals surface area contributed by atoms with Gasteiger partial charge in [0.15, 0.2) is 0 Å². The number of halogens is 3. The fourth-order valence-electron chi connectivity index (χ4n) is 12.6. The van der Waals surface area contributed by atoms with E-state index in [1.807, 2.05) is 25.3 Å². The Morgan fingerprint density at radius 3 is 1.69 bits per heavy atom. The molecule has 84 heavy (non-hydrogen) atoms. The minimum absolute atomic E-state index is 0.115. The van der Waals surface area contributed by atoms with Crippen LogP contribution in [0.3, 0.4) is 0 Å². The van der Waals surface area contributed by atoms with Crippen molar-refractivity contribution in [2.75, 3.05) is 14.2 Å². The van der Waals surface area contributed by atoms with Crippen LogP contribution in [0, 0.1) is 13.8 Å². The molecule has 5 aromatic heterocycles.